The number of rotatable bonds is 3. The van der Waals surface area contributed by atoms with Gasteiger partial charge in [-0.3, -0.25) is 10.1 Å². The first-order valence-corrected chi connectivity index (χ1v) is 6.56. The quantitative estimate of drug-likeness (QED) is 0.694. The Morgan fingerprint density at radius 3 is 3.20 bits per heavy atom. The van der Waals surface area contributed by atoms with E-state index in [9.17, 15) is 4.79 Å². The largest absolute Gasteiger partial charge is 0.338 e. The van der Waals surface area contributed by atoms with Crippen LogP contribution < -0.4 is 5.32 Å². The number of hydrogen-bond acceptors (Lipinski definition) is 4. The summed E-state index contributed by atoms with van der Waals surface area (Å²) in [6.07, 6.45) is 0. The molecule has 2 heterocycles. The number of carbonyl (C=O) groups is 1. The summed E-state index contributed by atoms with van der Waals surface area (Å²) in [6, 6.07) is 5.61. The fraction of sp³-hybridized carbons (Fsp3) is 0.111. The van der Waals surface area contributed by atoms with Crippen molar-refractivity contribution in [2.45, 2.75) is 0 Å². The molecule has 0 bridgehead atoms. The first-order valence-electron chi connectivity index (χ1n) is 4.16. The highest BCUT2D eigenvalue weighted by atomic mass is 127. The number of thiophene rings is 1. The number of amides is 1. The monoisotopic (exact) mass is 334 g/mol. The average Bonchev–Trinajstić information content (AvgIpc) is 2.85. The molecule has 0 aliphatic heterocycles. The maximum Gasteiger partial charge on any atom is 0.236 e. The van der Waals surface area contributed by atoms with E-state index in [2.05, 4.69) is 10.5 Å². The van der Waals surface area contributed by atoms with Gasteiger partial charge in [-0.15, -0.1) is 11.3 Å². The van der Waals surface area contributed by atoms with Crippen LogP contribution in [0.15, 0.2) is 28.1 Å². The summed E-state index contributed by atoms with van der Waals surface area (Å²) in [4.78, 5) is 12.1. The molecule has 0 unspecified atom stereocenters. The van der Waals surface area contributed by atoms with Gasteiger partial charge in [-0.1, -0.05) is 33.8 Å². The summed E-state index contributed by atoms with van der Waals surface area (Å²) >= 11 is 3.56. The second-order valence-corrected chi connectivity index (χ2v) is 4.45. The summed E-state index contributed by atoms with van der Waals surface area (Å²) in [6.45, 7) is 0. The van der Waals surface area contributed by atoms with Crippen molar-refractivity contribution >= 4 is 45.7 Å². The number of anilines is 1. The minimum Gasteiger partial charge on any atom is -0.338 e. The Morgan fingerprint density at radius 1 is 1.67 bits per heavy atom. The molecule has 1 N–H and O–H groups in total. The number of nitrogens with one attached hydrogen (secondary N) is 1. The van der Waals surface area contributed by atoms with Crippen LogP contribution >= 0.6 is 33.9 Å². The Kier molecular flexibility index (Phi) is 3.37. The van der Waals surface area contributed by atoms with Crippen LogP contribution in [0.5, 0.6) is 0 Å². The molecule has 0 aromatic carbocycles. The third kappa shape index (κ3) is 2.57. The van der Waals surface area contributed by atoms with Crippen molar-refractivity contribution in [3.63, 3.8) is 0 Å². The van der Waals surface area contributed by atoms with Crippen molar-refractivity contribution < 1.29 is 9.32 Å². The predicted octanol–water partition coefficient (Wildman–Crippen LogP) is 2.78. The number of halogens is 1. The normalized spacial score (nSPS) is 10.2. The molecular weight excluding hydrogens is 327 g/mol. The van der Waals surface area contributed by atoms with E-state index in [-0.39, 0.29) is 5.91 Å². The summed E-state index contributed by atoms with van der Waals surface area (Å²) < 4.78 is 5.38. The smallest absolute Gasteiger partial charge is 0.236 e. The molecule has 0 saturated heterocycles. The van der Waals surface area contributed by atoms with Gasteiger partial charge < -0.3 is 4.52 Å². The van der Waals surface area contributed by atoms with Crippen molar-refractivity contribution in [2.75, 3.05) is 9.74 Å². The van der Waals surface area contributed by atoms with Crippen LogP contribution in [0.25, 0.3) is 10.6 Å². The van der Waals surface area contributed by atoms with Crippen molar-refractivity contribution in [3.8, 4) is 10.6 Å². The molecule has 2 aromatic rings. The fourth-order valence-electron chi connectivity index (χ4n) is 1.05. The summed E-state index contributed by atoms with van der Waals surface area (Å²) in [5, 5.41) is 8.43. The Bertz CT molecular complexity index is 452. The molecule has 0 aliphatic rings. The highest BCUT2D eigenvalue weighted by molar-refractivity contribution is 14.1. The summed E-state index contributed by atoms with van der Waals surface area (Å²) in [5.41, 5.74) is 0.744. The molecule has 0 saturated carbocycles. The molecule has 2 aromatic heterocycles. The summed E-state index contributed by atoms with van der Waals surface area (Å²) in [7, 11) is 0. The van der Waals surface area contributed by atoms with E-state index in [4.69, 9.17) is 4.52 Å². The van der Waals surface area contributed by atoms with Gasteiger partial charge in [-0.2, -0.15) is 0 Å². The SMILES string of the molecule is O=C(CI)Nc1cc(-c2cccs2)no1. The lowest BCUT2D eigenvalue weighted by Crippen LogP contribution is -2.11. The lowest BCUT2D eigenvalue weighted by atomic mass is 10.3. The maximum absolute atomic E-state index is 11.1. The summed E-state index contributed by atoms with van der Waals surface area (Å²) in [5.74, 6) is 0.296. The maximum atomic E-state index is 11.1. The van der Waals surface area contributed by atoms with Crippen LogP contribution in [0.4, 0.5) is 5.88 Å². The van der Waals surface area contributed by atoms with E-state index in [0.717, 1.165) is 10.6 Å². The van der Waals surface area contributed by atoms with Crippen LogP contribution in [-0.2, 0) is 4.79 Å². The van der Waals surface area contributed by atoms with Crippen molar-refractivity contribution in [2.24, 2.45) is 0 Å². The number of aromatic nitrogens is 1. The third-order valence-electron chi connectivity index (χ3n) is 1.67. The zero-order chi connectivity index (χ0) is 10.7. The molecule has 1 amide bonds. The Labute approximate surface area is 104 Å². The Balaban J connectivity index is 2.14. The highest BCUT2D eigenvalue weighted by Gasteiger charge is 2.08. The third-order valence-corrected chi connectivity index (χ3v) is 3.25. The first kappa shape index (κ1) is 10.6. The Morgan fingerprint density at radius 2 is 2.53 bits per heavy atom. The van der Waals surface area contributed by atoms with E-state index in [1.165, 1.54) is 0 Å². The number of carbonyl (C=O) groups excluding carboxylic acids is 1. The van der Waals surface area contributed by atoms with Gasteiger partial charge in [0.1, 0.15) is 5.69 Å². The van der Waals surface area contributed by atoms with Gasteiger partial charge >= 0.3 is 0 Å². The first-order chi connectivity index (χ1) is 7.29. The molecule has 0 aliphatic carbocycles. The molecule has 4 nitrogen and oxygen atoms in total. The van der Waals surface area contributed by atoms with Gasteiger partial charge in [0.15, 0.2) is 0 Å². The van der Waals surface area contributed by atoms with Gasteiger partial charge in [0.2, 0.25) is 11.8 Å². The van der Waals surface area contributed by atoms with E-state index in [1.54, 1.807) is 17.4 Å². The second kappa shape index (κ2) is 4.75. The highest BCUT2D eigenvalue weighted by Crippen LogP contribution is 2.25. The van der Waals surface area contributed by atoms with E-state index >= 15 is 0 Å². The lowest BCUT2D eigenvalue weighted by Gasteiger charge is -1.93. The molecule has 0 fully saturated rings. The van der Waals surface area contributed by atoms with Crippen LogP contribution in [-0.4, -0.2) is 15.5 Å². The standard InChI is InChI=1S/C9H7IN2O2S/c10-5-8(13)11-9-4-6(12-14-9)7-2-1-3-15-7/h1-4H,5H2,(H,11,13). The van der Waals surface area contributed by atoms with Crippen molar-refractivity contribution in [3.05, 3.63) is 23.6 Å². The van der Waals surface area contributed by atoms with Crippen LogP contribution in [0.2, 0.25) is 0 Å². The zero-order valence-corrected chi connectivity index (χ0v) is 10.5. The van der Waals surface area contributed by atoms with Crippen molar-refractivity contribution in [1.29, 1.82) is 0 Å². The lowest BCUT2D eigenvalue weighted by molar-refractivity contribution is -0.113. The van der Waals surface area contributed by atoms with Crippen LogP contribution in [0, 0.1) is 0 Å². The average molecular weight is 334 g/mol. The molecule has 0 radical (unpaired) electrons. The number of hydrogen-bond donors (Lipinski definition) is 1. The van der Waals surface area contributed by atoms with Gasteiger partial charge in [-0.25, -0.2) is 0 Å². The molecule has 0 spiro atoms. The fourth-order valence-corrected chi connectivity index (χ4v) is 1.91. The van der Waals surface area contributed by atoms with Crippen LogP contribution in [0.3, 0.4) is 0 Å². The molecule has 78 valence electrons. The van der Waals surface area contributed by atoms with Gasteiger partial charge in [0, 0.05) is 6.07 Å². The molecule has 15 heavy (non-hydrogen) atoms. The second-order valence-electron chi connectivity index (χ2n) is 2.74. The molecular formula is C9H7IN2O2S. The topological polar surface area (TPSA) is 55.1 Å². The minimum atomic E-state index is -0.0931. The van der Waals surface area contributed by atoms with Gasteiger partial charge in [-0.05, 0) is 11.4 Å². The Hall–Kier alpha value is -0.890. The van der Waals surface area contributed by atoms with E-state index < -0.39 is 0 Å². The number of alkyl halides is 1. The van der Waals surface area contributed by atoms with Crippen LogP contribution in [0.1, 0.15) is 0 Å². The molecule has 0 atom stereocenters. The predicted molar refractivity (Wildman–Crippen MR) is 67.3 cm³/mol. The minimum absolute atomic E-state index is 0.0931. The van der Waals surface area contributed by atoms with E-state index in [0.29, 0.717) is 10.3 Å². The van der Waals surface area contributed by atoms with Gasteiger partial charge in [0.05, 0.1) is 9.30 Å². The van der Waals surface area contributed by atoms with E-state index in [1.807, 2.05) is 40.1 Å². The number of nitrogens with zero attached hydrogens (tertiary/aromatic N) is 1. The molecule has 2 rings (SSSR count). The molecule has 6 heteroatoms. The zero-order valence-electron chi connectivity index (χ0n) is 7.57. The van der Waals surface area contributed by atoms with Crippen molar-refractivity contribution in [1.82, 2.24) is 5.16 Å². The van der Waals surface area contributed by atoms with Gasteiger partial charge in [0.25, 0.3) is 0 Å².